The first-order valence-electron chi connectivity index (χ1n) is 6.25. The molecule has 0 aliphatic heterocycles. The number of halogens is 1. The van der Waals surface area contributed by atoms with Crippen molar-refractivity contribution < 1.29 is 14.1 Å². The Kier molecular flexibility index (Phi) is 5.41. The van der Waals surface area contributed by atoms with Crippen molar-refractivity contribution in [1.29, 1.82) is 0 Å². The zero-order valence-corrected chi connectivity index (χ0v) is 11.1. The standard InChI is InChI=1S/C13H17FN2O3/c1-3-5-13(17)15(8-4-2)12-7-6-10(16(18)19)9-11(12)14/h6-7,9H,3-5,8H2,1-2H3. The van der Waals surface area contributed by atoms with Gasteiger partial charge in [-0.05, 0) is 18.9 Å². The second-order valence-corrected chi connectivity index (χ2v) is 4.19. The highest BCUT2D eigenvalue weighted by molar-refractivity contribution is 5.93. The first-order chi connectivity index (χ1) is 9.01. The van der Waals surface area contributed by atoms with Gasteiger partial charge in [-0.1, -0.05) is 13.8 Å². The number of rotatable bonds is 6. The lowest BCUT2D eigenvalue weighted by atomic mass is 10.2. The molecule has 0 saturated heterocycles. The van der Waals surface area contributed by atoms with Crippen LogP contribution >= 0.6 is 0 Å². The quantitative estimate of drug-likeness (QED) is 0.587. The van der Waals surface area contributed by atoms with Gasteiger partial charge in [0.1, 0.15) is 0 Å². The summed E-state index contributed by atoms with van der Waals surface area (Å²) in [5, 5.41) is 10.6. The highest BCUT2D eigenvalue weighted by Gasteiger charge is 2.19. The van der Waals surface area contributed by atoms with Crippen LogP contribution in [0.4, 0.5) is 15.8 Å². The third-order valence-electron chi connectivity index (χ3n) is 2.65. The van der Waals surface area contributed by atoms with Crippen LogP contribution in [0.25, 0.3) is 0 Å². The molecule has 0 radical (unpaired) electrons. The summed E-state index contributed by atoms with van der Waals surface area (Å²) in [6.07, 6.45) is 1.69. The Labute approximate surface area is 111 Å². The molecule has 0 spiro atoms. The molecule has 1 amide bonds. The van der Waals surface area contributed by atoms with E-state index < -0.39 is 10.7 Å². The van der Waals surface area contributed by atoms with Gasteiger partial charge in [-0.3, -0.25) is 14.9 Å². The van der Waals surface area contributed by atoms with Crippen LogP contribution in [0.1, 0.15) is 33.1 Å². The molecular formula is C13H17FN2O3. The molecule has 19 heavy (non-hydrogen) atoms. The number of benzene rings is 1. The predicted molar refractivity (Wildman–Crippen MR) is 70.6 cm³/mol. The van der Waals surface area contributed by atoms with Crippen LogP contribution in [-0.2, 0) is 4.79 Å². The van der Waals surface area contributed by atoms with Crippen molar-refractivity contribution in [3.63, 3.8) is 0 Å². The molecule has 0 aliphatic carbocycles. The fourth-order valence-electron chi connectivity index (χ4n) is 1.78. The van der Waals surface area contributed by atoms with Crippen LogP contribution < -0.4 is 4.90 Å². The number of hydrogen-bond donors (Lipinski definition) is 0. The third-order valence-corrected chi connectivity index (χ3v) is 2.65. The lowest BCUT2D eigenvalue weighted by Gasteiger charge is -2.22. The molecule has 5 nitrogen and oxygen atoms in total. The van der Waals surface area contributed by atoms with E-state index in [4.69, 9.17) is 0 Å². The number of carbonyl (C=O) groups is 1. The van der Waals surface area contributed by atoms with Crippen LogP contribution in [0, 0.1) is 15.9 Å². The Morgan fingerprint density at radius 2 is 2.05 bits per heavy atom. The number of nitrogens with zero attached hydrogens (tertiary/aromatic N) is 2. The Morgan fingerprint density at radius 3 is 2.53 bits per heavy atom. The Bertz CT molecular complexity index is 477. The van der Waals surface area contributed by atoms with Gasteiger partial charge in [0.25, 0.3) is 5.69 Å². The van der Waals surface area contributed by atoms with Gasteiger partial charge in [0.05, 0.1) is 16.7 Å². The average molecular weight is 268 g/mol. The minimum absolute atomic E-state index is 0.103. The van der Waals surface area contributed by atoms with Gasteiger partial charge in [-0.15, -0.1) is 0 Å². The molecule has 0 heterocycles. The second kappa shape index (κ2) is 6.82. The van der Waals surface area contributed by atoms with Crippen molar-refractivity contribution in [2.75, 3.05) is 11.4 Å². The SMILES string of the molecule is CCCC(=O)N(CCC)c1ccc([N+](=O)[O-])cc1F. The molecule has 0 atom stereocenters. The molecule has 0 bridgehead atoms. The molecule has 104 valence electrons. The number of nitro benzene ring substituents is 1. The van der Waals surface area contributed by atoms with Crippen LogP contribution in [0.5, 0.6) is 0 Å². The summed E-state index contributed by atoms with van der Waals surface area (Å²) in [6, 6.07) is 3.34. The summed E-state index contributed by atoms with van der Waals surface area (Å²) >= 11 is 0. The first kappa shape index (κ1) is 15.1. The Hall–Kier alpha value is -1.98. The van der Waals surface area contributed by atoms with Gasteiger partial charge in [-0.25, -0.2) is 4.39 Å². The fourth-order valence-corrected chi connectivity index (χ4v) is 1.78. The maximum absolute atomic E-state index is 13.9. The average Bonchev–Trinajstić information content (AvgIpc) is 2.36. The van der Waals surface area contributed by atoms with E-state index in [1.807, 2.05) is 13.8 Å². The van der Waals surface area contributed by atoms with Crippen LogP contribution in [-0.4, -0.2) is 17.4 Å². The summed E-state index contributed by atoms with van der Waals surface area (Å²) in [5.74, 6) is -0.913. The van der Waals surface area contributed by atoms with Gasteiger partial charge in [0.15, 0.2) is 5.82 Å². The number of amides is 1. The normalized spacial score (nSPS) is 10.3. The Morgan fingerprint density at radius 1 is 1.37 bits per heavy atom. The lowest BCUT2D eigenvalue weighted by molar-refractivity contribution is -0.385. The monoisotopic (exact) mass is 268 g/mol. The van der Waals surface area contributed by atoms with Crippen molar-refractivity contribution >= 4 is 17.3 Å². The molecule has 0 aliphatic rings. The molecule has 6 heteroatoms. The molecule has 1 aromatic carbocycles. The molecule has 0 fully saturated rings. The maximum Gasteiger partial charge on any atom is 0.272 e. The van der Waals surface area contributed by atoms with E-state index in [0.29, 0.717) is 25.8 Å². The minimum Gasteiger partial charge on any atom is -0.310 e. The van der Waals surface area contributed by atoms with E-state index >= 15 is 0 Å². The topological polar surface area (TPSA) is 63.5 Å². The molecule has 0 aromatic heterocycles. The second-order valence-electron chi connectivity index (χ2n) is 4.19. The van der Waals surface area contributed by atoms with Crippen molar-refractivity contribution in [2.24, 2.45) is 0 Å². The highest BCUT2D eigenvalue weighted by atomic mass is 19.1. The molecule has 1 aromatic rings. The van der Waals surface area contributed by atoms with Crippen molar-refractivity contribution in [2.45, 2.75) is 33.1 Å². The molecule has 0 saturated carbocycles. The maximum atomic E-state index is 13.9. The zero-order valence-electron chi connectivity index (χ0n) is 11.1. The summed E-state index contributed by atoms with van der Waals surface area (Å²) in [5.41, 5.74) is -0.216. The zero-order chi connectivity index (χ0) is 14.4. The van der Waals surface area contributed by atoms with Gasteiger partial charge < -0.3 is 4.90 Å². The van der Waals surface area contributed by atoms with Crippen molar-refractivity contribution in [1.82, 2.24) is 0 Å². The summed E-state index contributed by atoms with van der Waals surface area (Å²) in [7, 11) is 0. The van der Waals surface area contributed by atoms with E-state index in [1.165, 1.54) is 17.0 Å². The smallest absolute Gasteiger partial charge is 0.272 e. The van der Waals surface area contributed by atoms with E-state index in [1.54, 1.807) is 0 Å². The van der Waals surface area contributed by atoms with E-state index in [-0.39, 0.29) is 17.3 Å². The van der Waals surface area contributed by atoms with Gasteiger partial charge in [0.2, 0.25) is 5.91 Å². The fraction of sp³-hybridized carbons (Fsp3) is 0.462. The van der Waals surface area contributed by atoms with Crippen molar-refractivity contribution in [3.8, 4) is 0 Å². The molecule has 1 rings (SSSR count). The van der Waals surface area contributed by atoms with Crippen LogP contribution in [0.15, 0.2) is 18.2 Å². The third kappa shape index (κ3) is 3.74. The molecule has 0 unspecified atom stereocenters. The Balaban J connectivity index is 3.09. The number of anilines is 1. The molecular weight excluding hydrogens is 251 g/mol. The van der Waals surface area contributed by atoms with Gasteiger partial charge in [0, 0.05) is 19.0 Å². The summed E-state index contributed by atoms with van der Waals surface area (Å²) < 4.78 is 13.9. The first-order valence-corrected chi connectivity index (χ1v) is 6.25. The number of non-ortho nitro benzene ring substituents is 1. The van der Waals surface area contributed by atoms with Gasteiger partial charge in [-0.2, -0.15) is 0 Å². The highest BCUT2D eigenvalue weighted by Crippen LogP contribution is 2.25. The minimum atomic E-state index is -0.743. The number of nitro groups is 1. The van der Waals surface area contributed by atoms with Crippen LogP contribution in [0.2, 0.25) is 0 Å². The predicted octanol–water partition coefficient (Wildman–Crippen LogP) is 3.28. The van der Waals surface area contributed by atoms with Gasteiger partial charge >= 0.3 is 0 Å². The molecule has 0 N–H and O–H groups in total. The van der Waals surface area contributed by atoms with E-state index in [9.17, 15) is 19.3 Å². The number of carbonyl (C=O) groups excluding carboxylic acids is 1. The summed E-state index contributed by atoms with van der Waals surface area (Å²) in [6.45, 7) is 4.15. The number of hydrogen-bond acceptors (Lipinski definition) is 3. The largest absolute Gasteiger partial charge is 0.310 e. The van der Waals surface area contributed by atoms with Crippen LogP contribution in [0.3, 0.4) is 0 Å². The summed E-state index contributed by atoms with van der Waals surface area (Å²) in [4.78, 5) is 23.2. The van der Waals surface area contributed by atoms with Crippen molar-refractivity contribution in [3.05, 3.63) is 34.1 Å². The lowest BCUT2D eigenvalue weighted by Crippen LogP contribution is -2.32. The van der Waals surface area contributed by atoms with E-state index in [2.05, 4.69) is 0 Å². The van der Waals surface area contributed by atoms with E-state index in [0.717, 1.165) is 6.07 Å².